The van der Waals surface area contributed by atoms with E-state index in [9.17, 15) is 4.79 Å². The van der Waals surface area contributed by atoms with Crippen molar-refractivity contribution in [3.8, 4) is 11.1 Å². The van der Waals surface area contributed by atoms with Crippen LogP contribution in [0.1, 0.15) is 26.3 Å². The summed E-state index contributed by atoms with van der Waals surface area (Å²) in [5.41, 5.74) is 8.45. The fourth-order valence-electron chi connectivity index (χ4n) is 3.88. The lowest BCUT2D eigenvalue weighted by atomic mass is 10.0. The third-order valence-corrected chi connectivity index (χ3v) is 6.07. The van der Waals surface area contributed by atoms with Crippen LogP contribution < -0.4 is 26.9 Å². The molecule has 2 heterocycles. The average Bonchev–Trinajstić information content (AvgIpc) is 3.19. The van der Waals surface area contributed by atoms with Crippen LogP contribution >= 0.6 is 23.6 Å². The number of pyridine rings is 1. The molecule has 3 aromatic rings. The molecule has 1 aliphatic rings. The Morgan fingerprint density at radius 3 is 2.73 bits per heavy atom. The first-order chi connectivity index (χ1) is 15.9. The second-order valence-electron chi connectivity index (χ2n) is 7.94. The summed E-state index contributed by atoms with van der Waals surface area (Å²) in [6.07, 6.45) is 4.65. The molecule has 1 unspecified atom stereocenters. The Labute approximate surface area is 202 Å². The molecule has 0 spiro atoms. The maximum absolute atomic E-state index is 12.7. The Morgan fingerprint density at radius 1 is 1.15 bits per heavy atom. The summed E-state index contributed by atoms with van der Waals surface area (Å²) in [7, 11) is 1.77. The largest absolute Gasteiger partial charge is 0.355 e. The zero-order chi connectivity index (χ0) is 23.5. The summed E-state index contributed by atoms with van der Waals surface area (Å²) in [5.74, 6) is 0.828. The lowest BCUT2D eigenvalue weighted by Crippen LogP contribution is -2.43. The molecule has 2 N–H and O–H groups in total. The Bertz CT molecular complexity index is 1370. The van der Waals surface area contributed by atoms with Crippen LogP contribution in [0.3, 0.4) is 0 Å². The van der Waals surface area contributed by atoms with Gasteiger partial charge in [0.05, 0.1) is 22.3 Å². The molecule has 2 aromatic carbocycles. The first kappa shape index (κ1) is 23.4. The molecule has 1 aliphatic heterocycles. The standard InChI is InChI=1S/C25H27ClN4O2S/c1-5-16-10-17(26)12-19(11-16)28-23-8-7-18(29-32-33-6-2)13-20(23)22-14-30(4)25(31)21-9-15(3)27-24(21)22/h7-15,28-29H,5-6H2,1-4H3. The number of benzene rings is 2. The Kier molecular flexibility index (Phi) is 7.12. The Morgan fingerprint density at radius 2 is 1.97 bits per heavy atom. The number of rotatable bonds is 8. The van der Waals surface area contributed by atoms with E-state index in [1.807, 2.05) is 56.5 Å². The van der Waals surface area contributed by atoms with Gasteiger partial charge in [0.1, 0.15) is 0 Å². The molecule has 172 valence electrons. The second-order valence-corrected chi connectivity index (χ2v) is 9.35. The van der Waals surface area contributed by atoms with Crippen LogP contribution in [0.4, 0.5) is 17.1 Å². The molecule has 0 saturated heterocycles. The van der Waals surface area contributed by atoms with Gasteiger partial charge in [-0.2, -0.15) is 0 Å². The molecule has 6 nitrogen and oxygen atoms in total. The van der Waals surface area contributed by atoms with Gasteiger partial charge < -0.3 is 9.88 Å². The predicted octanol–water partition coefficient (Wildman–Crippen LogP) is 4.83. The number of nitrogens with zero attached hydrogens (tertiary/aromatic N) is 2. The smallest absolute Gasteiger partial charge is 0.259 e. The van der Waals surface area contributed by atoms with Crippen molar-refractivity contribution in [1.29, 1.82) is 0 Å². The number of aromatic nitrogens is 1. The highest BCUT2D eigenvalue weighted by molar-refractivity contribution is 7.94. The highest BCUT2D eigenvalue weighted by atomic mass is 35.5. The highest BCUT2D eigenvalue weighted by Gasteiger charge is 2.17. The van der Waals surface area contributed by atoms with Crippen LogP contribution in [0.5, 0.6) is 0 Å². The van der Waals surface area contributed by atoms with Gasteiger partial charge in [-0.25, -0.2) is 4.28 Å². The van der Waals surface area contributed by atoms with Gasteiger partial charge >= 0.3 is 0 Å². The average molecular weight is 483 g/mol. The van der Waals surface area contributed by atoms with Crippen LogP contribution in [0, 0.1) is 0 Å². The molecule has 1 aromatic heterocycles. The van der Waals surface area contributed by atoms with Crippen molar-refractivity contribution in [2.75, 3.05) is 16.5 Å². The second kappa shape index (κ2) is 10.0. The van der Waals surface area contributed by atoms with E-state index in [0.29, 0.717) is 10.2 Å². The minimum absolute atomic E-state index is 0.0455. The third-order valence-electron chi connectivity index (χ3n) is 5.42. The molecular weight excluding hydrogens is 456 g/mol. The molecule has 0 fully saturated rings. The molecule has 0 radical (unpaired) electrons. The number of anilines is 3. The Hall–Kier alpha value is -2.74. The number of hydrogen-bond donors (Lipinski definition) is 2. The first-order valence-electron chi connectivity index (χ1n) is 10.9. The van der Waals surface area contributed by atoms with Crippen LogP contribution in [0.2, 0.25) is 5.02 Å². The summed E-state index contributed by atoms with van der Waals surface area (Å²) in [6, 6.07) is 11.9. The van der Waals surface area contributed by atoms with Crippen molar-refractivity contribution >= 4 is 46.8 Å². The van der Waals surface area contributed by atoms with E-state index < -0.39 is 0 Å². The van der Waals surface area contributed by atoms with E-state index in [-0.39, 0.29) is 11.6 Å². The van der Waals surface area contributed by atoms with Crippen LogP contribution in [-0.2, 0) is 17.8 Å². The molecule has 33 heavy (non-hydrogen) atoms. The Balaban J connectivity index is 1.87. The van der Waals surface area contributed by atoms with Gasteiger partial charge in [0.15, 0.2) is 0 Å². The number of halogens is 1. The summed E-state index contributed by atoms with van der Waals surface area (Å²) >= 11 is 7.68. The number of fused-ring (bicyclic) bond motifs is 1. The molecule has 1 atom stereocenters. The summed E-state index contributed by atoms with van der Waals surface area (Å²) in [6.45, 7) is 6.10. The summed E-state index contributed by atoms with van der Waals surface area (Å²) in [5, 5.41) is 5.56. The normalized spacial score (nSPS) is 14.4. The monoisotopic (exact) mass is 482 g/mol. The van der Waals surface area contributed by atoms with Crippen molar-refractivity contribution in [3.05, 3.63) is 74.1 Å². The molecular formula is C25H27ClN4O2S. The number of hydrogen-bond acceptors (Lipinski definition) is 6. The SMILES string of the molecule is CCSONc1ccc(Nc2cc(Cl)cc(CC)c2)c(-c2cn(C)c(=O)c3c2=NC(C)C=3)c1. The van der Waals surface area contributed by atoms with Crippen molar-refractivity contribution in [1.82, 2.24) is 4.57 Å². The maximum Gasteiger partial charge on any atom is 0.259 e. The van der Waals surface area contributed by atoms with Crippen molar-refractivity contribution < 1.29 is 4.28 Å². The van der Waals surface area contributed by atoms with Gasteiger partial charge in [-0.1, -0.05) is 25.4 Å². The fraction of sp³-hybridized carbons (Fsp3) is 0.280. The van der Waals surface area contributed by atoms with Gasteiger partial charge in [-0.3, -0.25) is 15.3 Å². The zero-order valence-electron chi connectivity index (χ0n) is 19.1. The maximum atomic E-state index is 12.7. The van der Waals surface area contributed by atoms with E-state index in [1.165, 1.54) is 12.0 Å². The van der Waals surface area contributed by atoms with Gasteiger partial charge in [0.25, 0.3) is 5.56 Å². The summed E-state index contributed by atoms with van der Waals surface area (Å²) < 4.78 is 7.07. The highest BCUT2D eigenvalue weighted by Crippen LogP contribution is 2.33. The van der Waals surface area contributed by atoms with Gasteiger partial charge in [0, 0.05) is 58.6 Å². The van der Waals surface area contributed by atoms with E-state index in [1.54, 1.807) is 11.6 Å². The number of aryl methyl sites for hydroxylation is 2. The predicted molar refractivity (Wildman–Crippen MR) is 139 cm³/mol. The van der Waals surface area contributed by atoms with Crippen LogP contribution in [0.25, 0.3) is 17.2 Å². The van der Waals surface area contributed by atoms with Crippen LogP contribution in [-0.4, -0.2) is 16.4 Å². The minimum atomic E-state index is -0.0456. The quantitative estimate of drug-likeness (QED) is 0.273. The molecule has 0 amide bonds. The van der Waals surface area contributed by atoms with E-state index >= 15 is 0 Å². The fourth-order valence-corrected chi connectivity index (χ4v) is 4.41. The lowest BCUT2D eigenvalue weighted by Gasteiger charge is -2.16. The third kappa shape index (κ3) is 5.11. The first-order valence-corrected chi connectivity index (χ1v) is 12.2. The molecule has 0 aliphatic carbocycles. The molecule has 0 bridgehead atoms. The van der Waals surface area contributed by atoms with Gasteiger partial charge in [-0.15, -0.1) is 0 Å². The van der Waals surface area contributed by atoms with E-state index in [4.69, 9.17) is 20.9 Å². The topological polar surface area (TPSA) is 67.7 Å². The molecule has 4 rings (SSSR count). The minimum Gasteiger partial charge on any atom is -0.355 e. The zero-order valence-corrected chi connectivity index (χ0v) is 20.7. The molecule has 8 heteroatoms. The number of nitrogens with one attached hydrogen (secondary N) is 2. The summed E-state index contributed by atoms with van der Waals surface area (Å²) in [4.78, 5) is 17.5. The van der Waals surface area contributed by atoms with E-state index in [2.05, 4.69) is 23.8 Å². The lowest BCUT2D eigenvalue weighted by molar-refractivity contribution is 0.478. The van der Waals surface area contributed by atoms with Gasteiger partial charge in [-0.05, 0) is 61.4 Å². The van der Waals surface area contributed by atoms with Crippen molar-refractivity contribution in [2.24, 2.45) is 12.0 Å². The van der Waals surface area contributed by atoms with Gasteiger partial charge in [0.2, 0.25) is 0 Å². The van der Waals surface area contributed by atoms with Crippen LogP contribution in [0.15, 0.2) is 52.4 Å². The molecule has 0 saturated carbocycles. The van der Waals surface area contributed by atoms with Crippen molar-refractivity contribution in [3.63, 3.8) is 0 Å². The van der Waals surface area contributed by atoms with Crippen molar-refractivity contribution in [2.45, 2.75) is 33.2 Å². The van der Waals surface area contributed by atoms with E-state index in [0.717, 1.165) is 51.3 Å².